The van der Waals surface area contributed by atoms with E-state index in [0.29, 0.717) is 32.9 Å². The summed E-state index contributed by atoms with van der Waals surface area (Å²) in [5, 5.41) is 0. The van der Waals surface area contributed by atoms with E-state index in [0.717, 1.165) is 12.8 Å². The molecule has 2 aliphatic rings. The third kappa shape index (κ3) is 4.32. The van der Waals surface area contributed by atoms with Gasteiger partial charge in [-0.3, -0.25) is 0 Å². The fourth-order valence-corrected chi connectivity index (χ4v) is 3.77. The van der Waals surface area contributed by atoms with Gasteiger partial charge in [0.25, 0.3) is 0 Å². The van der Waals surface area contributed by atoms with Gasteiger partial charge in [0.05, 0.1) is 31.7 Å². The molecule has 2 saturated heterocycles. The zero-order chi connectivity index (χ0) is 12.3. The molecular weight excluding hydrogens is 280 g/mol. The summed E-state index contributed by atoms with van der Waals surface area (Å²) in [7, 11) is -3.23. The number of ether oxygens (including phenoxy) is 2. The summed E-state index contributed by atoms with van der Waals surface area (Å²) in [4.78, 5) is 0. The van der Waals surface area contributed by atoms with Crippen molar-refractivity contribution in [1.29, 1.82) is 0 Å². The van der Waals surface area contributed by atoms with Gasteiger partial charge in [0.2, 0.25) is 10.0 Å². The van der Waals surface area contributed by atoms with Crippen LogP contribution < -0.4 is 5.73 Å². The smallest absolute Gasteiger partial charge is 0.216 e. The third-order valence-corrected chi connectivity index (χ3v) is 5.12. The van der Waals surface area contributed by atoms with Crippen LogP contribution in [-0.2, 0) is 19.5 Å². The zero-order valence-electron chi connectivity index (χ0n) is 10.3. The summed E-state index contributed by atoms with van der Waals surface area (Å²) < 4.78 is 36.3. The van der Waals surface area contributed by atoms with E-state index in [1.807, 2.05) is 0 Å². The quantitative estimate of drug-likeness (QED) is 0.765. The lowest BCUT2D eigenvalue weighted by molar-refractivity contribution is -0.0785. The summed E-state index contributed by atoms with van der Waals surface area (Å²) in [6.45, 7) is 2.45. The Hall–Kier alpha value is 0.0800. The highest BCUT2D eigenvalue weighted by Crippen LogP contribution is 2.15. The highest BCUT2D eigenvalue weighted by molar-refractivity contribution is 7.89. The van der Waals surface area contributed by atoms with Gasteiger partial charge in [-0.2, -0.15) is 0 Å². The first-order valence-electron chi connectivity index (χ1n) is 6.01. The van der Waals surface area contributed by atoms with Gasteiger partial charge < -0.3 is 15.2 Å². The standard InChI is InChI=1S/C10H20N2O4S.ClH/c11-9-1-3-12(4-2-9)17(13,14)8-10-7-15-5-6-16-10;/h9-10H,1-8,11H2;1H. The number of halogens is 1. The highest BCUT2D eigenvalue weighted by Gasteiger charge is 2.30. The molecule has 6 nitrogen and oxygen atoms in total. The van der Waals surface area contributed by atoms with Crippen molar-refractivity contribution in [2.75, 3.05) is 38.7 Å². The largest absolute Gasteiger partial charge is 0.376 e. The monoisotopic (exact) mass is 300 g/mol. The second-order valence-electron chi connectivity index (χ2n) is 4.58. The average Bonchev–Trinajstić information content (AvgIpc) is 2.30. The molecule has 0 aromatic heterocycles. The first-order valence-corrected chi connectivity index (χ1v) is 7.61. The molecule has 0 radical (unpaired) electrons. The Morgan fingerprint density at radius 3 is 2.44 bits per heavy atom. The van der Waals surface area contributed by atoms with E-state index >= 15 is 0 Å². The number of hydrogen-bond donors (Lipinski definition) is 1. The topological polar surface area (TPSA) is 81.9 Å². The maximum Gasteiger partial charge on any atom is 0.216 e. The van der Waals surface area contributed by atoms with Crippen LogP contribution in [0.1, 0.15) is 12.8 Å². The summed E-state index contributed by atoms with van der Waals surface area (Å²) in [5.41, 5.74) is 5.76. The first-order chi connectivity index (χ1) is 8.08. The molecule has 0 bridgehead atoms. The molecule has 8 heteroatoms. The van der Waals surface area contributed by atoms with Gasteiger partial charge in [-0.05, 0) is 12.8 Å². The molecule has 0 spiro atoms. The molecule has 1 atom stereocenters. The Morgan fingerprint density at radius 2 is 1.89 bits per heavy atom. The maximum atomic E-state index is 12.1. The molecule has 2 aliphatic heterocycles. The van der Waals surface area contributed by atoms with Crippen LogP contribution in [-0.4, -0.2) is 63.5 Å². The predicted octanol–water partition coefficient (Wildman–Crippen LogP) is -0.423. The van der Waals surface area contributed by atoms with Crippen LogP contribution in [0.25, 0.3) is 0 Å². The normalized spacial score (nSPS) is 27.7. The second kappa shape index (κ2) is 7.02. The van der Waals surface area contributed by atoms with Gasteiger partial charge in [0.1, 0.15) is 0 Å². The van der Waals surface area contributed by atoms with Gasteiger partial charge in [0.15, 0.2) is 0 Å². The van der Waals surface area contributed by atoms with Gasteiger partial charge in [0, 0.05) is 19.1 Å². The molecule has 18 heavy (non-hydrogen) atoms. The second-order valence-corrected chi connectivity index (χ2v) is 6.60. The molecule has 0 aromatic carbocycles. The maximum absolute atomic E-state index is 12.1. The van der Waals surface area contributed by atoms with Crippen molar-refractivity contribution in [2.24, 2.45) is 5.73 Å². The van der Waals surface area contributed by atoms with Crippen LogP contribution in [0.2, 0.25) is 0 Å². The van der Waals surface area contributed by atoms with Crippen LogP contribution in [0.3, 0.4) is 0 Å². The molecule has 0 aromatic rings. The minimum atomic E-state index is -3.23. The van der Waals surface area contributed by atoms with E-state index in [1.54, 1.807) is 0 Å². The number of nitrogens with two attached hydrogens (primary N) is 1. The molecule has 2 fully saturated rings. The number of sulfonamides is 1. The SMILES string of the molecule is Cl.NC1CCN(S(=O)(=O)CC2COCCO2)CC1. The average molecular weight is 301 g/mol. The van der Waals surface area contributed by atoms with Crippen molar-refractivity contribution in [3.63, 3.8) is 0 Å². The van der Waals surface area contributed by atoms with Gasteiger partial charge in [-0.1, -0.05) is 0 Å². The molecule has 2 N–H and O–H groups in total. The van der Waals surface area contributed by atoms with Crippen molar-refractivity contribution in [1.82, 2.24) is 4.31 Å². The lowest BCUT2D eigenvalue weighted by Crippen LogP contribution is -2.46. The molecule has 108 valence electrons. The van der Waals surface area contributed by atoms with Gasteiger partial charge in [-0.25, -0.2) is 12.7 Å². The van der Waals surface area contributed by atoms with E-state index in [-0.39, 0.29) is 30.3 Å². The van der Waals surface area contributed by atoms with Crippen molar-refractivity contribution in [2.45, 2.75) is 25.0 Å². The Labute approximate surface area is 114 Å². The summed E-state index contributed by atoms with van der Waals surface area (Å²) in [6, 6.07) is 0.135. The van der Waals surface area contributed by atoms with Crippen LogP contribution in [0.15, 0.2) is 0 Å². The van der Waals surface area contributed by atoms with Crippen LogP contribution in [0.4, 0.5) is 0 Å². The van der Waals surface area contributed by atoms with E-state index in [4.69, 9.17) is 15.2 Å². The fraction of sp³-hybridized carbons (Fsp3) is 1.00. The Balaban J connectivity index is 0.00000162. The molecule has 2 rings (SSSR count). The Kier molecular flexibility index (Phi) is 6.29. The summed E-state index contributed by atoms with van der Waals surface area (Å²) >= 11 is 0. The minimum absolute atomic E-state index is 0. The van der Waals surface area contributed by atoms with Crippen LogP contribution in [0.5, 0.6) is 0 Å². The Morgan fingerprint density at radius 1 is 1.22 bits per heavy atom. The van der Waals surface area contributed by atoms with Crippen molar-refractivity contribution in [3.8, 4) is 0 Å². The van der Waals surface area contributed by atoms with Gasteiger partial charge >= 0.3 is 0 Å². The van der Waals surface area contributed by atoms with Crippen LogP contribution >= 0.6 is 12.4 Å². The fourth-order valence-electron chi connectivity index (χ4n) is 2.13. The highest BCUT2D eigenvalue weighted by atomic mass is 35.5. The van der Waals surface area contributed by atoms with Crippen molar-refractivity contribution in [3.05, 3.63) is 0 Å². The molecule has 0 saturated carbocycles. The van der Waals surface area contributed by atoms with Gasteiger partial charge in [-0.15, -0.1) is 12.4 Å². The lowest BCUT2D eigenvalue weighted by Gasteiger charge is -2.31. The number of hydrogen-bond acceptors (Lipinski definition) is 5. The zero-order valence-corrected chi connectivity index (χ0v) is 11.9. The third-order valence-electron chi connectivity index (χ3n) is 3.17. The first kappa shape index (κ1) is 16.1. The molecule has 0 amide bonds. The lowest BCUT2D eigenvalue weighted by atomic mass is 10.1. The summed E-state index contributed by atoms with van der Waals surface area (Å²) in [6.07, 6.45) is 1.15. The van der Waals surface area contributed by atoms with E-state index in [2.05, 4.69) is 0 Å². The predicted molar refractivity (Wildman–Crippen MR) is 70.4 cm³/mol. The number of rotatable bonds is 3. The van der Waals surface area contributed by atoms with Crippen LogP contribution in [0, 0.1) is 0 Å². The van der Waals surface area contributed by atoms with E-state index in [1.165, 1.54) is 4.31 Å². The Bertz CT molecular complexity index is 338. The summed E-state index contributed by atoms with van der Waals surface area (Å²) in [5.74, 6) is 0.0161. The molecule has 1 unspecified atom stereocenters. The number of piperidine rings is 1. The minimum Gasteiger partial charge on any atom is -0.376 e. The van der Waals surface area contributed by atoms with Crippen molar-refractivity contribution >= 4 is 22.4 Å². The van der Waals surface area contributed by atoms with E-state index in [9.17, 15) is 8.42 Å². The molecule has 2 heterocycles. The molecule has 0 aliphatic carbocycles. The number of nitrogens with zero attached hydrogens (tertiary/aromatic N) is 1. The van der Waals surface area contributed by atoms with E-state index < -0.39 is 10.0 Å². The molecular formula is C10H21ClN2O4S. The van der Waals surface area contributed by atoms with Crippen molar-refractivity contribution < 1.29 is 17.9 Å².